The molecule has 0 bridgehead atoms. The van der Waals surface area contributed by atoms with Crippen LogP contribution in [0.25, 0.3) is 0 Å². The van der Waals surface area contributed by atoms with Crippen LogP contribution in [0.3, 0.4) is 0 Å². The summed E-state index contributed by atoms with van der Waals surface area (Å²) >= 11 is 9.44. The largest absolute Gasteiger partial charge is 0.322 e. The van der Waals surface area contributed by atoms with Gasteiger partial charge in [-0.25, -0.2) is 0 Å². The number of nitrogens with one attached hydrogen (secondary N) is 2. The average Bonchev–Trinajstić information content (AvgIpc) is 2.54. The van der Waals surface area contributed by atoms with E-state index >= 15 is 0 Å². The van der Waals surface area contributed by atoms with Gasteiger partial charge in [0.15, 0.2) is 0 Å². The molecule has 3 rings (SSSR count). The first-order chi connectivity index (χ1) is 10.7. The maximum Gasteiger partial charge on any atom is 0.127 e. The Bertz CT molecular complexity index is 534. The van der Waals surface area contributed by atoms with Gasteiger partial charge < -0.3 is 9.80 Å². The van der Waals surface area contributed by atoms with Crippen molar-refractivity contribution < 1.29 is 9.80 Å². The second-order valence-corrected chi connectivity index (χ2v) is 7.46. The van der Waals surface area contributed by atoms with Crippen LogP contribution in [0.2, 0.25) is 5.02 Å². The van der Waals surface area contributed by atoms with Gasteiger partial charge in [-0.3, -0.25) is 0 Å². The molecule has 116 valence electrons. The number of benzene rings is 2. The fourth-order valence-corrected chi connectivity index (χ4v) is 3.48. The summed E-state index contributed by atoms with van der Waals surface area (Å²) in [6, 6.07) is 17.0. The lowest BCUT2D eigenvalue weighted by molar-refractivity contribution is -1.02. The predicted octanol–water partition coefficient (Wildman–Crippen LogP) is 1.59. The van der Waals surface area contributed by atoms with Crippen LogP contribution in [0.15, 0.2) is 53.0 Å². The molecule has 0 atom stereocenters. The zero-order valence-corrected chi connectivity index (χ0v) is 15.0. The Balaban J connectivity index is 1.47. The minimum atomic E-state index is 0.822. The molecule has 1 heterocycles. The van der Waals surface area contributed by atoms with Crippen molar-refractivity contribution in [1.82, 2.24) is 0 Å². The lowest BCUT2D eigenvalue weighted by Crippen LogP contribution is -3.27. The van der Waals surface area contributed by atoms with Crippen molar-refractivity contribution in [3.63, 3.8) is 0 Å². The van der Waals surface area contributed by atoms with E-state index in [0.29, 0.717) is 0 Å². The van der Waals surface area contributed by atoms with Crippen molar-refractivity contribution in [2.24, 2.45) is 0 Å². The van der Waals surface area contributed by atoms with E-state index in [-0.39, 0.29) is 0 Å². The topological polar surface area (TPSA) is 8.88 Å². The summed E-state index contributed by atoms with van der Waals surface area (Å²) in [6.07, 6.45) is 0. The molecular formula is C18H22BrClN2+2. The van der Waals surface area contributed by atoms with Gasteiger partial charge >= 0.3 is 0 Å². The van der Waals surface area contributed by atoms with Crippen molar-refractivity contribution in [2.75, 3.05) is 26.2 Å². The number of rotatable bonds is 4. The summed E-state index contributed by atoms with van der Waals surface area (Å²) in [6.45, 7) is 7.24. The lowest BCUT2D eigenvalue weighted by atomic mass is 10.1. The summed E-state index contributed by atoms with van der Waals surface area (Å²) in [7, 11) is 0. The van der Waals surface area contributed by atoms with Gasteiger partial charge in [-0.1, -0.05) is 51.8 Å². The molecule has 1 aliphatic rings. The van der Waals surface area contributed by atoms with Crippen LogP contribution >= 0.6 is 27.5 Å². The standard InChI is InChI=1S/C18H20BrClN2/c19-17-5-1-15(2-6-17)13-21-9-11-22(12-10-21)14-16-3-7-18(20)8-4-16/h1-8H,9-14H2/p+2. The highest BCUT2D eigenvalue weighted by molar-refractivity contribution is 9.10. The first kappa shape index (κ1) is 16.0. The first-order valence-electron chi connectivity index (χ1n) is 7.85. The zero-order chi connectivity index (χ0) is 15.4. The monoisotopic (exact) mass is 380 g/mol. The molecule has 0 spiro atoms. The molecule has 2 aromatic rings. The summed E-state index contributed by atoms with van der Waals surface area (Å²) in [5.74, 6) is 0. The van der Waals surface area contributed by atoms with E-state index in [4.69, 9.17) is 11.6 Å². The van der Waals surface area contributed by atoms with Gasteiger partial charge in [-0.2, -0.15) is 0 Å². The van der Waals surface area contributed by atoms with Gasteiger partial charge in [0.25, 0.3) is 0 Å². The van der Waals surface area contributed by atoms with Crippen molar-refractivity contribution in [3.8, 4) is 0 Å². The first-order valence-corrected chi connectivity index (χ1v) is 9.02. The summed E-state index contributed by atoms with van der Waals surface area (Å²) < 4.78 is 1.16. The minimum absolute atomic E-state index is 0.822. The molecule has 0 saturated carbocycles. The molecule has 1 fully saturated rings. The number of quaternary nitrogens is 2. The fourth-order valence-electron chi connectivity index (χ4n) is 3.09. The third-order valence-electron chi connectivity index (χ3n) is 4.40. The number of piperazine rings is 1. The van der Waals surface area contributed by atoms with Crippen molar-refractivity contribution in [1.29, 1.82) is 0 Å². The quantitative estimate of drug-likeness (QED) is 0.796. The van der Waals surface area contributed by atoms with Crippen molar-refractivity contribution in [2.45, 2.75) is 13.1 Å². The number of halogens is 2. The number of hydrogen-bond donors (Lipinski definition) is 2. The van der Waals surface area contributed by atoms with E-state index in [1.807, 2.05) is 12.1 Å². The third-order valence-corrected chi connectivity index (χ3v) is 5.18. The van der Waals surface area contributed by atoms with Gasteiger partial charge in [-0.15, -0.1) is 0 Å². The van der Waals surface area contributed by atoms with Gasteiger partial charge in [0.2, 0.25) is 0 Å². The molecule has 4 heteroatoms. The average molecular weight is 382 g/mol. The molecule has 0 aliphatic carbocycles. The van der Waals surface area contributed by atoms with E-state index in [2.05, 4.69) is 52.3 Å². The molecule has 0 aromatic heterocycles. The van der Waals surface area contributed by atoms with E-state index in [1.54, 1.807) is 9.80 Å². The molecule has 0 amide bonds. The molecule has 1 aliphatic heterocycles. The summed E-state index contributed by atoms with van der Waals surface area (Å²) in [4.78, 5) is 3.38. The molecule has 0 unspecified atom stereocenters. The highest BCUT2D eigenvalue weighted by Gasteiger charge is 2.22. The predicted molar refractivity (Wildman–Crippen MR) is 94.4 cm³/mol. The molecule has 1 saturated heterocycles. The number of hydrogen-bond acceptors (Lipinski definition) is 0. The van der Waals surface area contributed by atoms with Crippen molar-refractivity contribution in [3.05, 3.63) is 69.2 Å². The highest BCUT2D eigenvalue weighted by atomic mass is 79.9. The maximum atomic E-state index is 5.95. The van der Waals surface area contributed by atoms with Crippen LogP contribution in [-0.4, -0.2) is 26.2 Å². The lowest BCUT2D eigenvalue weighted by Gasteiger charge is -2.29. The smallest absolute Gasteiger partial charge is 0.127 e. The molecule has 2 nitrogen and oxygen atoms in total. The van der Waals surface area contributed by atoms with Gasteiger partial charge in [0.1, 0.15) is 39.3 Å². The molecule has 0 radical (unpaired) electrons. The van der Waals surface area contributed by atoms with Crippen LogP contribution in [0.4, 0.5) is 0 Å². The Labute approximate surface area is 145 Å². The van der Waals surface area contributed by atoms with Crippen LogP contribution in [-0.2, 0) is 13.1 Å². The summed E-state index contributed by atoms with van der Waals surface area (Å²) in [5, 5.41) is 0.822. The molecule has 2 aromatic carbocycles. The van der Waals surface area contributed by atoms with E-state index in [1.165, 1.54) is 37.3 Å². The third kappa shape index (κ3) is 4.56. The van der Waals surface area contributed by atoms with E-state index < -0.39 is 0 Å². The van der Waals surface area contributed by atoms with E-state index in [9.17, 15) is 0 Å². The van der Waals surface area contributed by atoms with Gasteiger partial charge in [0, 0.05) is 20.6 Å². The Morgan fingerprint density at radius 1 is 0.727 bits per heavy atom. The van der Waals surface area contributed by atoms with Crippen LogP contribution in [0.5, 0.6) is 0 Å². The summed E-state index contributed by atoms with van der Waals surface area (Å²) in [5.41, 5.74) is 2.81. The van der Waals surface area contributed by atoms with E-state index in [0.717, 1.165) is 22.6 Å². The second kappa shape index (κ2) is 7.60. The SMILES string of the molecule is Clc1ccc(C[NH+]2CC[NH+](Cc3ccc(Br)cc3)CC2)cc1. The molecular weight excluding hydrogens is 360 g/mol. The highest BCUT2D eigenvalue weighted by Crippen LogP contribution is 2.10. The van der Waals surface area contributed by atoms with Crippen LogP contribution in [0, 0.1) is 0 Å². The Hall–Kier alpha value is -0.870. The van der Waals surface area contributed by atoms with Gasteiger partial charge in [-0.05, 0) is 24.3 Å². The Morgan fingerprint density at radius 2 is 1.14 bits per heavy atom. The van der Waals surface area contributed by atoms with Crippen molar-refractivity contribution >= 4 is 27.5 Å². The molecule has 22 heavy (non-hydrogen) atoms. The van der Waals surface area contributed by atoms with Crippen LogP contribution in [0.1, 0.15) is 11.1 Å². The fraction of sp³-hybridized carbons (Fsp3) is 0.333. The Morgan fingerprint density at radius 3 is 1.59 bits per heavy atom. The normalized spacial score (nSPS) is 21.7. The minimum Gasteiger partial charge on any atom is -0.322 e. The van der Waals surface area contributed by atoms with Crippen LogP contribution < -0.4 is 9.80 Å². The maximum absolute atomic E-state index is 5.95. The van der Waals surface area contributed by atoms with Gasteiger partial charge in [0.05, 0.1) is 0 Å². The second-order valence-electron chi connectivity index (χ2n) is 6.11. The molecule has 2 N–H and O–H groups in total. The zero-order valence-electron chi connectivity index (χ0n) is 12.6. The Kier molecular flexibility index (Phi) is 5.53.